The molecule has 0 aliphatic heterocycles. The van der Waals surface area contributed by atoms with E-state index in [0.717, 1.165) is 19.4 Å². The molecule has 0 spiro atoms. The van der Waals surface area contributed by atoms with Crippen LogP contribution in [0, 0.1) is 11.3 Å². The molecule has 0 aliphatic rings. The van der Waals surface area contributed by atoms with Gasteiger partial charge in [0.15, 0.2) is 0 Å². The van der Waals surface area contributed by atoms with Crippen LogP contribution in [0.4, 0.5) is 0 Å². The molecule has 2 N–H and O–H groups in total. The third kappa shape index (κ3) is 5.45. The molecule has 0 saturated heterocycles. The summed E-state index contributed by atoms with van der Waals surface area (Å²) in [7, 11) is 1.69. The predicted molar refractivity (Wildman–Crippen MR) is 66.0 cm³/mol. The van der Waals surface area contributed by atoms with Crippen molar-refractivity contribution in [2.45, 2.75) is 45.2 Å². The van der Waals surface area contributed by atoms with Crippen molar-refractivity contribution in [2.75, 3.05) is 26.8 Å². The van der Waals surface area contributed by atoms with E-state index >= 15 is 0 Å². The number of hydrogen-bond acceptors (Lipinski definition) is 4. The van der Waals surface area contributed by atoms with Crippen molar-refractivity contribution in [1.82, 2.24) is 4.90 Å². The third-order valence-electron chi connectivity index (χ3n) is 2.83. The normalized spacial score (nSPS) is 15.1. The molecule has 0 aliphatic carbocycles. The number of nitrogens with zero attached hydrogens (tertiary/aromatic N) is 2. The monoisotopic (exact) mass is 227 g/mol. The van der Waals surface area contributed by atoms with Crippen molar-refractivity contribution in [2.24, 2.45) is 5.73 Å². The van der Waals surface area contributed by atoms with E-state index in [1.54, 1.807) is 14.0 Å². The lowest BCUT2D eigenvalue weighted by atomic mass is 10.0. The molecule has 0 bridgehead atoms. The maximum Gasteiger partial charge on any atom is 0.114 e. The van der Waals surface area contributed by atoms with E-state index in [0.29, 0.717) is 19.2 Å². The summed E-state index contributed by atoms with van der Waals surface area (Å²) in [5, 5.41) is 8.96. The second kappa shape index (κ2) is 7.61. The van der Waals surface area contributed by atoms with Gasteiger partial charge in [-0.1, -0.05) is 13.8 Å². The third-order valence-corrected chi connectivity index (χ3v) is 2.83. The van der Waals surface area contributed by atoms with Crippen molar-refractivity contribution in [1.29, 1.82) is 5.26 Å². The highest BCUT2D eigenvalue weighted by Crippen LogP contribution is 2.12. The zero-order valence-electron chi connectivity index (χ0n) is 11.0. The fourth-order valence-corrected chi connectivity index (χ4v) is 1.86. The van der Waals surface area contributed by atoms with Crippen molar-refractivity contribution < 1.29 is 4.74 Å². The first-order valence-corrected chi connectivity index (χ1v) is 5.93. The van der Waals surface area contributed by atoms with E-state index in [4.69, 9.17) is 15.7 Å². The molecule has 0 radical (unpaired) electrons. The van der Waals surface area contributed by atoms with Gasteiger partial charge in [-0.05, 0) is 19.8 Å². The Bertz CT molecular complexity index is 219. The summed E-state index contributed by atoms with van der Waals surface area (Å²) < 4.78 is 5.09. The minimum absolute atomic E-state index is 0.478. The highest BCUT2D eigenvalue weighted by molar-refractivity contribution is 5.03. The molecule has 4 heteroatoms. The smallest absolute Gasteiger partial charge is 0.114 e. The van der Waals surface area contributed by atoms with E-state index in [1.165, 1.54) is 0 Å². The van der Waals surface area contributed by atoms with Gasteiger partial charge in [-0.25, -0.2) is 0 Å². The Balaban J connectivity index is 4.48. The van der Waals surface area contributed by atoms with E-state index in [9.17, 15) is 0 Å². The van der Waals surface area contributed by atoms with Crippen LogP contribution in [0.25, 0.3) is 0 Å². The Kier molecular flexibility index (Phi) is 7.31. The van der Waals surface area contributed by atoms with Crippen LogP contribution < -0.4 is 5.73 Å². The van der Waals surface area contributed by atoms with Crippen LogP contribution in [-0.4, -0.2) is 43.3 Å². The van der Waals surface area contributed by atoms with Gasteiger partial charge in [-0.15, -0.1) is 0 Å². The van der Waals surface area contributed by atoms with E-state index in [1.807, 2.05) is 0 Å². The number of nitriles is 1. The standard InChI is InChI=1S/C12H25N3O/c1-5-11(6-2)15(7-8-16-4)10-12(3,14)9-13/h11H,5-8,10,14H2,1-4H3. The minimum Gasteiger partial charge on any atom is -0.383 e. The summed E-state index contributed by atoms with van der Waals surface area (Å²) in [5.74, 6) is 0. The number of nitrogens with two attached hydrogens (primary N) is 1. The van der Waals surface area contributed by atoms with E-state index in [2.05, 4.69) is 24.8 Å². The SMILES string of the molecule is CCC(CC)N(CCOC)CC(C)(N)C#N. The number of hydrogen-bond donors (Lipinski definition) is 1. The molecule has 16 heavy (non-hydrogen) atoms. The zero-order chi connectivity index (χ0) is 12.6. The van der Waals surface area contributed by atoms with Gasteiger partial charge in [0, 0.05) is 26.2 Å². The second-order valence-electron chi connectivity index (χ2n) is 4.46. The lowest BCUT2D eigenvalue weighted by Gasteiger charge is -2.34. The fraction of sp³-hybridized carbons (Fsp3) is 0.917. The summed E-state index contributed by atoms with van der Waals surface area (Å²) >= 11 is 0. The van der Waals surface area contributed by atoms with Crippen molar-refractivity contribution in [3.63, 3.8) is 0 Å². The molecule has 0 fully saturated rings. The first-order valence-electron chi connectivity index (χ1n) is 5.93. The average molecular weight is 227 g/mol. The molecule has 0 aromatic carbocycles. The molecule has 0 amide bonds. The molecular weight excluding hydrogens is 202 g/mol. The van der Waals surface area contributed by atoms with Gasteiger partial charge in [0.1, 0.15) is 5.54 Å². The Morgan fingerprint density at radius 3 is 2.38 bits per heavy atom. The quantitative estimate of drug-likeness (QED) is 0.680. The van der Waals surface area contributed by atoms with Gasteiger partial charge < -0.3 is 10.5 Å². The van der Waals surface area contributed by atoms with Crippen LogP contribution >= 0.6 is 0 Å². The maximum atomic E-state index is 8.96. The highest BCUT2D eigenvalue weighted by atomic mass is 16.5. The van der Waals surface area contributed by atoms with Crippen LogP contribution in [-0.2, 0) is 4.74 Å². The van der Waals surface area contributed by atoms with Gasteiger partial charge in [-0.3, -0.25) is 4.90 Å². The predicted octanol–water partition coefficient (Wildman–Crippen LogP) is 1.36. The summed E-state index contributed by atoms with van der Waals surface area (Å²) in [6.45, 7) is 8.20. The summed E-state index contributed by atoms with van der Waals surface area (Å²) in [5.41, 5.74) is 5.11. The average Bonchev–Trinajstić information content (AvgIpc) is 2.27. The second-order valence-corrected chi connectivity index (χ2v) is 4.46. The molecule has 0 saturated carbocycles. The van der Waals surface area contributed by atoms with Crippen molar-refractivity contribution in [3.8, 4) is 6.07 Å². The lowest BCUT2D eigenvalue weighted by Crippen LogP contribution is -2.50. The summed E-state index contributed by atoms with van der Waals surface area (Å²) in [6, 6.07) is 2.62. The molecule has 1 unspecified atom stereocenters. The van der Waals surface area contributed by atoms with Crippen LogP contribution in [0.3, 0.4) is 0 Å². The van der Waals surface area contributed by atoms with Gasteiger partial charge in [-0.2, -0.15) is 5.26 Å². The molecular formula is C12H25N3O. The van der Waals surface area contributed by atoms with Gasteiger partial charge in [0.05, 0.1) is 12.7 Å². The highest BCUT2D eigenvalue weighted by Gasteiger charge is 2.25. The number of rotatable bonds is 8. The molecule has 0 aromatic heterocycles. The number of methoxy groups -OCH3 is 1. The Morgan fingerprint density at radius 2 is 2.00 bits per heavy atom. The molecule has 94 valence electrons. The first kappa shape index (κ1) is 15.4. The van der Waals surface area contributed by atoms with Crippen molar-refractivity contribution >= 4 is 0 Å². The molecule has 4 nitrogen and oxygen atoms in total. The minimum atomic E-state index is -0.781. The fourth-order valence-electron chi connectivity index (χ4n) is 1.86. The largest absolute Gasteiger partial charge is 0.383 e. The van der Waals surface area contributed by atoms with Crippen LogP contribution in [0.1, 0.15) is 33.6 Å². The van der Waals surface area contributed by atoms with Crippen molar-refractivity contribution in [3.05, 3.63) is 0 Å². The first-order chi connectivity index (χ1) is 7.50. The Hall–Kier alpha value is -0.630. The van der Waals surface area contributed by atoms with Crippen LogP contribution in [0.5, 0.6) is 0 Å². The van der Waals surface area contributed by atoms with Crippen LogP contribution in [0.15, 0.2) is 0 Å². The molecule has 0 aromatic rings. The Morgan fingerprint density at radius 1 is 1.44 bits per heavy atom. The van der Waals surface area contributed by atoms with E-state index < -0.39 is 5.54 Å². The van der Waals surface area contributed by atoms with Crippen LogP contribution in [0.2, 0.25) is 0 Å². The number of ether oxygens (including phenoxy) is 1. The van der Waals surface area contributed by atoms with Gasteiger partial charge in [0.2, 0.25) is 0 Å². The summed E-state index contributed by atoms with van der Waals surface area (Å²) in [6.07, 6.45) is 2.14. The maximum absolute atomic E-state index is 8.96. The topological polar surface area (TPSA) is 62.3 Å². The molecule has 0 rings (SSSR count). The molecule has 0 heterocycles. The Labute approximate surface area is 99.4 Å². The summed E-state index contributed by atoms with van der Waals surface area (Å²) in [4.78, 5) is 2.26. The zero-order valence-corrected chi connectivity index (χ0v) is 11.0. The van der Waals surface area contributed by atoms with Gasteiger partial charge >= 0.3 is 0 Å². The lowest BCUT2D eigenvalue weighted by molar-refractivity contribution is 0.105. The van der Waals surface area contributed by atoms with Gasteiger partial charge in [0.25, 0.3) is 0 Å². The molecule has 1 atom stereocenters. The van der Waals surface area contributed by atoms with E-state index in [-0.39, 0.29) is 0 Å².